The zero-order valence-corrected chi connectivity index (χ0v) is 17.0. The number of imidazole rings is 2. The fourth-order valence-corrected chi connectivity index (χ4v) is 3.56. The van der Waals surface area contributed by atoms with Gasteiger partial charge in [0.2, 0.25) is 5.95 Å². The van der Waals surface area contributed by atoms with Gasteiger partial charge in [0.1, 0.15) is 11.6 Å². The Hall–Kier alpha value is -3.27. The third-order valence-electron chi connectivity index (χ3n) is 4.76. The molecule has 0 atom stereocenters. The van der Waals surface area contributed by atoms with Crippen molar-refractivity contribution in [1.82, 2.24) is 24.1 Å². The quantitative estimate of drug-likeness (QED) is 0.435. The number of halogens is 4. The van der Waals surface area contributed by atoms with Crippen molar-refractivity contribution in [2.75, 3.05) is 7.11 Å². The Balaban J connectivity index is 1.68. The summed E-state index contributed by atoms with van der Waals surface area (Å²) >= 11 is 6.28. The molecule has 4 aromatic rings. The van der Waals surface area contributed by atoms with Crippen LogP contribution in [0.2, 0.25) is 5.02 Å². The third kappa shape index (κ3) is 4.43. The van der Waals surface area contributed by atoms with E-state index in [1.807, 2.05) is 0 Å². The number of benzene rings is 1. The Morgan fingerprint density at radius 1 is 1.23 bits per heavy atom. The lowest BCUT2D eigenvalue weighted by Gasteiger charge is -2.09. The molecule has 0 aliphatic heterocycles. The van der Waals surface area contributed by atoms with Gasteiger partial charge in [-0.2, -0.15) is 9.37 Å². The van der Waals surface area contributed by atoms with E-state index in [1.165, 1.54) is 30.0 Å². The van der Waals surface area contributed by atoms with E-state index in [9.17, 15) is 18.0 Å². The van der Waals surface area contributed by atoms with E-state index in [4.69, 9.17) is 16.3 Å². The van der Waals surface area contributed by atoms with Crippen LogP contribution in [0.3, 0.4) is 0 Å². The van der Waals surface area contributed by atoms with E-state index in [0.717, 1.165) is 4.57 Å². The van der Waals surface area contributed by atoms with Gasteiger partial charge in [-0.15, -0.1) is 0 Å². The number of H-pyrrole nitrogens is 1. The maximum absolute atomic E-state index is 13.3. The molecule has 0 aliphatic rings. The van der Waals surface area contributed by atoms with Crippen LogP contribution in [-0.4, -0.2) is 37.6 Å². The molecule has 0 aliphatic carbocycles. The standard InChI is InChI=1S/C20H17ClF3N5O2/c1-31-13-3-2-11(14(21)7-13)6-12-8-28(20(30)29(12)9-16(22)23)10-18-25-15-4-5-17(24)26-19(15)27-18/h2-5,7-8,16H,6,9-10H2,1H3,(H,25,26,27). The number of rotatable bonds is 7. The molecule has 0 saturated heterocycles. The SMILES string of the molecule is COc1ccc(Cc2cn(Cc3nc4nc(F)ccc4[nH]3)c(=O)n2CC(F)F)c(Cl)c1. The largest absolute Gasteiger partial charge is 0.497 e. The number of pyridine rings is 1. The second kappa shape index (κ2) is 8.46. The van der Waals surface area contributed by atoms with Gasteiger partial charge < -0.3 is 9.72 Å². The molecule has 0 spiro atoms. The molecule has 0 unspecified atom stereocenters. The van der Waals surface area contributed by atoms with Crippen molar-refractivity contribution >= 4 is 22.8 Å². The second-order valence-corrected chi connectivity index (χ2v) is 7.26. The summed E-state index contributed by atoms with van der Waals surface area (Å²) in [6, 6.07) is 7.70. The Morgan fingerprint density at radius 2 is 2.03 bits per heavy atom. The van der Waals surface area contributed by atoms with Crippen LogP contribution in [0.5, 0.6) is 5.75 Å². The Labute approximate surface area is 179 Å². The normalized spacial score (nSPS) is 11.5. The van der Waals surface area contributed by atoms with Crippen LogP contribution in [0.4, 0.5) is 13.2 Å². The minimum atomic E-state index is -2.71. The van der Waals surface area contributed by atoms with Crippen molar-refractivity contribution in [3.05, 3.63) is 75.1 Å². The van der Waals surface area contributed by atoms with E-state index in [0.29, 0.717) is 33.4 Å². The van der Waals surface area contributed by atoms with Gasteiger partial charge in [-0.05, 0) is 29.8 Å². The van der Waals surface area contributed by atoms with Crippen LogP contribution in [0.25, 0.3) is 11.2 Å². The number of ether oxygens (including phenoxy) is 1. The van der Waals surface area contributed by atoms with Crippen LogP contribution >= 0.6 is 11.6 Å². The van der Waals surface area contributed by atoms with Gasteiger partial charge >= 0.3 is 5.69 Å². The first-order valence-corrected chi connectivity index (χ1v) is 9.62. The molecule has 31 heavy (non-hydrogen) atoms. The molecule has 7 nitrogen and oxygen atoms in total. The summed E-state index contributed by atoms with van der Waals surface area (Å²) in [5.41, 5.74) is 1.09. The van der Waals surface area contributed by atoms with E-state index in [2.05, 4.69) is 15.0 Å². The van der Waals surface area contributed by atoms with Crippen molar-refractivity contribution in [1.29, 1.82) is 0 Å². The molecule has 0 radical (unpaired) electrons. The average Bonchev–Trinajstić information content (AvgIpc) is 3.24. The molecule has 3 heterocycles. The first-order valence-electron chi connectivity index (χ1n) is 9.24. The summed E-state index contributed by atoms with van der Waals surface area (Å²) in [4.78, 5) is 23.6. The van der Waals surface area contributed by atoms with E-state index >= 15 is 0 Å². The van der Waals surface area contributed by atoms with Crippen LogP contribution in [0.1, 0.15) is 17.1 Å². The Bertz CT molecular complexity index is 1300. The number of hydrogen-bond donors (Lipinski definition) is 1. The molecular weight excluding hydrogens is 435 g/mol. The zero-order valence-electron chi connectivity index (χ0n) is 16.3. The maximum atomic E-state index is 13.3. The zero-order chi connectivity index (χ0) is 22.1. The molecule has 0 bridgehead atoms. The molecule has 11 heteroatoms. The number of hydrogen-bond acceptors (Lipinski definition) is 4. The smallest absolute Gasteiger partial charge is 0.328 e. The van der Waals surface area contributed by atoms with Crippen molar-refractivity contribution in [2.45, 2.75) is 25.9 Å². The highest BCUT2D eigenvalue weighted by molar-refractivity contribution is 6.31. The van der Waals surface area contributed by atoms with Gasteiger partial charge in [0.15, 0.2) is 5.65 Å². The van der Waals surface area contributed by atoms with Gasteiger partial charge in [0.25, 0.3) is 6.43 Å². The lowest BCUT2D eigenvalue weighted by molar-refractivity contribution is 0.124. The number of aromatic amines is 1. The van der Waals surface area contributed by atoms with E-state index < -0.39 is 24.6 Å². The second-order valence-electron chi connectivity index (χ2n) is 6.86. The van der Waals surface area contributed by atoms with Gasteiger partial charge in [0, 0.05) is 23.3 Å². The summed E-state index contributed by atoms with van der Waals surface area (Å²) in [5.74, 6) is 0.231. The average molecular weight is 452 g/mol. The Morgan fingerprint density at radius 3 is 2.74 bits per heavy atom. The monoisotopic (exact) mass is 451 g/mol. The van der Waals surface area contributed by atoms with Crippen LogP contribution in [-0.2, 0) is 19.5 Å². The van der Waals surface area contributed by atoms with Crippen molar-refractivity contribution < 1.29 is 17.9 Å². The van der Waals surface area contributed by atoms with Gasteiger partial charge in [-0.3, -0.25) is 9.13 Å². The molecule has 0 saturated carbocycles. The first kappa shape index (κ1) is 21.0. The van der Waals surface area contributed by atoms with Gasteiger partial charge in [-0.25, -0.2) is 18.6 Å². The third-order valence-corrected chi connectivity index (χ3v) is 5.11. The topological polar surface area (TPSA) is 77.7 Å². The summed E-state index contributed by atoms with van der Waals surface area (Å²) in [7, 11) is 1.51. The highest BCUT2D eigenvalue weighted by Gasteiger charge is 2.18. The number of nitrogens with zero attached hydrogens (tertiary/aromatic N) is 4. The predicted molar refractivity (Wildman–Crippen MR) is 108 cm³/mol. The Kier molecular flexibility index (Phi) is 5.73. The van der Waals surface area contributed by atoms with Crippen molar-refractivity contribution in [3.8, 4) is 5.75 Å². The molecular formula is C20H17ClF3N5O2. The number of methoxy groups -OCH3 is 1. The summed E-state index contributed by atoms with van der Waals surface area (Å²) in [6.07, 6.45) is -1.05. The lowest BCUT2D eigenvalue weighted by Crippen LogP contribution is -2.28. The summed E-state index contributed by atoms with van der Waals surface area (Å²) in [5, 5.41) is 0.397. The van der Waals surface area contributed by atoms with Gasteiger partial charge in [-0.1, -0.05) is 17.7 Å². The molecule has 0 fully saturated rings. The molecule has 4 rings (SSSR count). The minimum Gasteiger partial charge on any atom is -0.497 e. The van der Waals surface area contributed by atoms with Crippen molar-refractivity contribution in [3.63, 3.8) is 0 Å². The number of alkyl halides is 2. The molecule has 0 amide bonds. The van der Waals surface area contributed by atoms with Crippen LogP contribution in [0.15, 0.2) is 41.3 Å². The molecule has 1 N–H and O–H groups in total. The fraction of sp³-hybridized carbons (Fsp3) is 0.250. The lowest BCUT2D eigenvalue weighted by atomic mass is 10.1. The summed E-state index contributed by atoms with van der Waals surface area (Å²) < 4.78 is 47.0. The highest BCUT2D eigenvalue weighted by Crippen LogP contribution is 2.24. The van der Waals surface area contributed by atoms with Gasteiger partial charge in [0.05, 0.1) is 25.7 Å². The highest BCUT2D eigenvalue weighted by atomic mass is 35.5. The molecule has 1 aromatic carbocycles. The van der Waals surface area contributed by atoms with Crippen LogP contribution in [0, 0.1) is 5.95 Å². The summed E-state index contributed by atoms with van der Waals surface area (Å²) in [6.45, 7) is -0.766. The minimum absolute atomic E-state index is 0.0175. The van der Waals surface area contributed by atoms with Crippen LogP contribution < -0.4 is 10.4 Å². The molecule has 3 aromatic heterocycles. The maximum Gasteiger partial charge on any atom is 0.328 e. The first-order chi connectivity index (χ1) is 14.8. The van der Waals surface area contributed by atoms with E-state index in [-0.39, 0.29) is 18.6 Å². The van der Waals surface area contributed by atoms with E-state index in [1.54, 1.807) is 18.2 Å². The molecule has 162 valence electrons. The number of aromatic nitrogens is 5. The fourth-order valence-electron chi connectivity index (χ4n) is 3.32. The van der Waals surface area contributed by atoms with Crippen molar-refractivity contribution in [2.24, 2.45) is 0 Å². The predicted octanol–water partition coefficient (Wildman–Crippen LogP) is 3.63. The number of fused-ring (bicyclic) bond motifs is 1. The number of nitrogens with one attached hydrogen (secondary N) is 1.